The predicted octanol–water partition coefficient (Wildman–Crippen LogP) is 6.06. The van der Waals surface area contributed by atoms with Crippen molar-refractivity contribution in [2.75, 3.05) is 14.1 Å². The molecule has 4 saturated carbocycles. The van der Waals surface area contributed by atoms with Gasteiger partial charge in [-0.2, -0.15) is 0 Å². The van der Waals surface area contributed by atoms with E-state index in [2.05, 4.69) is 37.7 Å². The molecule has 0 radical (unpaired) electrons. The molecular formula is C28H48N2. The molecule has 2 aliphatic heterocycles. The van der Waals surface area contributed by atoms with Crippen LogP contribution in [0, 0.1) is 47.3 Å². The van der Waals surface area contributed by atoms with Gasteiger partial charge in [0.05, 0.1) is 0 Å². The van der Waals surface area contributed by atoms with Crippen LogP contribution in [0.25, 0.3) is 0 Å². The first kappa shape index (κ1) is 20.5. The molecule has 2 saturated heterocycles. The Kier molecular flexibility index (Phi) is 5.30. The molecule has 170 valence electrons. The number of likely N-dealkylation sites (tertiary alicyclic amines) is 2. The summed E-state index contributed by atoms with van der Waals surface area (Å²) in [6, 6.07) is 3.69. The monoisotopic (exact) mass is 412 g/mol. The lowest BCUT2D eigenvalue weighted by Crippen LogP contribution is -2.43. The fourth-order valence-electron chi connectivity index (χ4n) is 10.4. The van der Waals surface area contributed by atoms with Gasteiger partial charge in [-0.05, 0) is 126 Å². The maximum Gasteiger partial charge on any atom is 0.0129 e. The average Bonchev–Trinajstić information content (AvgIpc) is 3.19. The van der Waals surface area contributed by atoms with Crippen LogP contribution in [-0.4, -0.2) is 48.1 Å². The minimum absolute atomic E-state index is 0.921. The van der Waals surface area contributed by atoms with Crippen LogP contribution in [0.1, 0.15) is 90.9 Å². The largest absolute Gasteiger partial charge is 0.300 e. The highest BCUT2D eigenvalue weighted by atomic mass is 15.2. The molecule has 0 spiro atoms. The molecule has 0 aromatic carbocycles. The number of rotatable bonds is 1. The Morgan fingerprint density at radius 2 is 0.767 bits per heavy atom. The van der Waals surface area contributed by atoms with E-state index < -0.39 is 0 Å². The van der Waals surface area contributed by atoms with E-state index in [0.717, 1.165) is 71.5 Å². The van der Waals surface area contributed by atoms with Crippen LogP contribution in [0.5, 0.6) is 0 Å². The first-order valence-electron chi connectivity index (χ1n) is 13.9. The van der Waals surface area contributed by atoms with E-state index in [0.29, 0.717) is 0 Å². The van der Waals surface area contributed by atoms with Gasteiger partial charge < -0.3 is 0 Å². The molecule has 0 N–H and O–H groups in total. The molecule has 0 aromatic heterocycles. The molecule has 12 atom stereocenters. The topological polar surface area (TPSA) is 6.48 Å². The van der Waals surface area contributed by atoms with Crippen LogP contribution in [0.4, 0.5) is 0 Å². The average molecular weight is 413 g/mol. The summed E-state index contributed by atoms with van der Waals surface area (Å²) < 4.78 is 0. The minimum Gasteiger partial charge on any atom is -0.300 e. The first-order chi connectivity index (χ1) is 14.5. The van der Waals surface area contributed by atoms with Crippen molar-refractivity contribution in [2.24, 2.45) is 47.3 Å². The second-order valence-corrected chi connectivity index (χ2v) is 13.2. The van der Waals surface area contributed by atoms with Gasteiger partial charge in [0.1, 0.15) is 0 Å². The van der Waals surface area contributed by atoms with Gasteiger partial charge in [-0.3, -0.25) is 9.80 Å². The molecule has 0 bridgehead atoms. The van der Waals surface area contributed by atoms with Crippen molar-refractivity contribution < 1.29 is 0 Å². The SMILES string of the molecule is CC1CCC2C3CCC(C4CCC5C6CCC(C)CC6N(C)C5C4)CC3N(C)C2C1. The van der Waals surface area contributed by atoms with Gasteiger partial charge in [-0.15, -0.1) is 0 Å². The molecule has 6 aliphatic rings. The normalized spacial score (nSPS) is 56.8. The Bertz CT molecular complexity index is 578. The fourth-order valence-corrected chi connectivity index (χ4v) is 10.4. The van der Waals surface area contributed by atoms with Crippen molar-refractivity contribution in [1.82, 2.24) is 9.80 Å². The molecule has 6 fully saturated rings. The number of nitrogens with zero attached hydrogens (tertiary/aromatic N) is 2. The smallest absolute Gasteiger partial charge is 0.0129 e. The van der Waals surface area contributed by atoms with E-state index in [-0.39, 0.29) is 0 Å². The standard InChI is InChI=1S/C28H48N2/c1-17-5-9-21-23-11-7-19(15-27(23)29(3)25(21)13-17)20-8-12-24-22-10-6-18(2)14-26(22)30(4)28(24)16-20/h17-28H,5-16H2,1-4H3. The second-order valence-electron chi connectivity index (χ2n) is 13.2. The summed E-state index contributed by atoms with van der Waals surface area (Å²) in [5, 5.41) is 0. The van der Waals surface area contributed by atoms with E-state index in [1.807, 2.05) is 0 Å². The summed E-state index contributed by atoms with van der Waals surface area (Å²) in [4.78, 5) is 5.81. The Morgan fingerprint density at radius 1 is 0.433 bits per heavy atom. The first-order valence-corrected chi connectivity index (χ1v) is 13.9. The van der Waals surface area contributed by atoms with Crippen molar-refractivity contribution in [3.05, 3.63) is 0 Å². The molecule has 30 heavy (non-hydrogen) atoms. The number of hydrogen-bond acceptors (Lipinski definition) is 2. The van der Waals surface area contributed by atoms with E-state index in [9.17, 15) is 0 Å². The Balaban J connectivity index is 1.13. The zero-order valence-corrected chi connectivity index (χ0v) is 20.3. The molecular weight excluding hydrogens is 364 g/mol. The lowest BCUT2D eigenvalue weighted by Gasteiger charge is -2.44. The maximum absolute atomic E-state index is 2.90. The Morgan fingerprint density at radius 3 is 1.17 bits per heavy atom. The summed E-state index contributed by atoms with van der Waals surface area (Å²) in [5.41, 5.74) is 0. The third kappa shape index (κ3) is 3.17. The highest BCUT2D eigenvalue weighted by Crippen LogP contribution is 2.55. The third-order valence-corrected chi connectivity index (χ3v) is 11.9. The molecule has 0 aromatic rings. The Labute approximate surface area is 186 Å². The van der Waals surface area contributed by atoms with Crippen LogP contribution in [0.3, 0.4) is 0 Å². The van der Waals surface area contributed by atoms with E-state index in [1.54, 1.807) is 25.7 Å². The lowest BCUT2D eigenvalue weighted by molar-refractivity contribution is 0.0681. The van der Waals surface area contributed by atoms with Crippen LogP contribution in [0.2, 0.25) is 0 Å². The van der Waals surface area contributed by atoms with E-state index in [4.69, 9.17) is 0 Å². The van der Waals surface area contributed by atoms with Gasteiger partial charge in [0.2, 0.25) is 0 Å². The van der Waals surface area contributed by atoms with Crippen molar-refractivity contribution in [2.45, 2.75) is 115 Å². The molecule has 2 nitrogen and oxygen atoms in total. The highest BCUT2D eigenvalue weighted by molar-refractivity contribution is 5.07. The predicted molar refractivity (Wildman–Crippen MR) is 125 cm³/mol. The van der Waals surface area contributed by atoms with E-state index >= 15 is 0 Å². The van der Waals surface area contributed by atoms with Gasteiger partial charge in [0, 0.05) is 24.2 Å². The fraction of sp³-hybridized carbons (Fsp3) is 1.00. The van der Waals surface area contributed by atoms with Gasteiger partial charge >= 0.3 is 0 Å². The molecule has 12 unspecified atom stereocenters. The molecule has 2 heteroatoms. The van der Waals surface area contributed by atoms with Gasteiger partial charge in [0.15, 0.2) is 0 Å². The third-order valence-electron chi connectivity index (χ3n) is 11.9. The second kappa shape index (κ2) is 7.75. The zero-order valence-electron chi connectivity index (χ0n) is 20.3. The Hall–Kier alpha value is -0.0800. The van der Waals surface area contributed by atoms with Gasteiger partial charge in [-0.1, -0.05) is 26.7 Å². The van der Waals surface area contributed by atoms with Gasteiger partial charge in [-0.25, -0.2) is 0 Å². The maximum atomic E-state index is 2.90. The lowest BCUT2D eigenvalue weighted by atomic mass is 9.63. The highest BCUT2D eigenvalue weighted by Gasteiger charge is 2.54. The van der Waals surface area contributed by atoms with Crippen molar-refractivity contribution >= 4 is 0 Å². The number of hydrogen-bond donors (Lipinski definition) is 0. The van der Waals surface area contributed by atoms with E-state index in [1.165, 1.54) is 51.4 Å². The molecule has 0 amide bonds. The summed E-state index contributed by atoms with van der Waals surface area (Å²) in [7, 11) is 5.02. The summed E-state index contributed by atoms with van der Waals surface area (Å²) in [6.45, 7) is 5.01. The van der Waals surface area contributed by atoms with Gasteiger partial charge in [0.25, 0.3) is 0 Å². The van der Waals surface area contributed by atoms with Crippen molar-refractivity contribution in [3.8, 4) is 0 Å². The quantitative estimate of drug-likeness (QED) is 0.517. The van der Waals surface area contributed by atoms with Crippen LogP contribution < -0.4 is 0 Å². The molecule has 6 rings (SSSR count). The summed E-state index contributed by atoms with van der Waals surface area (Å²) in [5.74, 6) is 8.15. The van der Waals surface area contributed by atoms with Crippen molar-refractivity contribution in [3.63, 3.8) is 0 Å². The zero-order chi connectivity index (χ0) is 20.6. The van der Waals surface area contributed by atoms with Crippen LogP contribution in [-0.2, 0) is 0 Å². The summed E-state index contributed by atoms with van der Waals surface area (Å²) >= 11 is 0. The minimum atomic E-state index is 0.921. The van der Waals surface area contributed by atoms with Crippen LogP contribution in [0.15, 0.2) is 0 Å². The molecule has 4 aliphatic carbocycles. The van der Waals surface area contributed by atoms with Crippen molar-refractivity contribution in [1.29, 1.82) is 0 Å². The molecule has 2 heterocycles. The number of fused-ring (bicyclic) bond motifs is 6. The van der Waals surface area contributed by atoms with Crippen LogP contribution >= 0.6 is 0 Å². The summed E-state index contributed by atoms with van der Waals surface area (Å²) in [6.07, 6.45) is 18.3.